The van der Waals surface area contributed by atoms with Crippen molar-refractivity contribution in [1.82, 2.24) is 5.32 Å². The van der Waals surface area contributed by atoms with Crippen molar-refractivity contribution in [2.75, 3.05) is 60.3 Å². The molecule has 1 aliphatic carbocycles. The van der Waals surface area contributed by atoms with Crippen LogP contribution >= 0.6 is 0 Å². The molecule has 0 amide bonds. The van der Waals surface area contributed by atoms with Crippen molar-refractivity contribution < 1.29 is 18.9 Å². The number of hydrogen-bond donors (Lipinski definition) is 1. The predicted molar refractivity (Wildman–Crippen MR) is 74.6 cm³/mol. The van der Waals surface area contributed by atoms with Crippen LogP contribution in [0.25, 0.3) is 0 Å². The Balaban J connectivity index is 1.89. The van der Waals surface area contributed by atoms with Gasteiger partial charge in [-0.1, -0.05) is 0 Å². The summed E-state index contributed by atoms with van der Waals surface area (Å²) >= 11 is 0. The van der Waals surface area contributed by atoms with Gasteiger partial charge in [0.05, 0.1) is 45.2 Å². The van der Waals surface area contributed by atoms with Crippen molar-refractivity contribution in [1.29, 1.82) is 0 Å². The molecule has 0 unspecified atom stereocenters. The Morgan fingerprint density at radius 2 is 1.58 bits per heavy atom. The highest BCUT2D eigenvalue weighted by atomic mass is 16.6. The lowest BCUT2D eigenvalue weighted by Gasteiger charge is -2.41. The van der Waals surface area contributed by atoms with Crippen LogP contribution in [0.3, 0.4) is 0 Å². The topological polar surface area (TPSA) is 49.0 Å². The first-order valence-corrected chi connectivity index (χ1v) is 7.26. The fraction of sp³-hybridized carbons (Fsp3) is 1.00. The van der Waals surface area contributed by atoms with Gasteiger partial charge in [0.15, 0.2) is 0 Å². The average Bonchev–Trinajstić information content (AvgIpc) is 2.38. The standard InChI is InChI=1S/C14H29NO4/c1-15-7-6-14(4-3-5-14)19-13-12-18-11-10-17-9-8-16-2/h15H,3-13H2,1-2H3. The summed E-state index contributed by atoms with van der Waals surface area (Å²) in [6.45, 7) is 4.86. The van der Waals surface area contributed by atoms with E-state index in [1.165, 1.54) is 19.3 Å². The summed E-state index contributed by atoms with van der Waals surface area (Å²) in [5.74, 6) is 0. The number of hydrogen-bond acceptors (Lipinski definition) is 5. The van der Waals surface area contributed by atoms with Crippen LogP contribution in [0.4, 0.5) is 0 Å². The van der Waals surface area contributed by atoms with Gasteiger partial charge in [0.1, 0.15) is 0 Å². The maximum Gasteiger partial charge on any atom is 0.0708 e. The summed E-state index contributed by atoms with van der Waals surface area (Å²) in [4.78, 5) is 0. The van der Waals surface area contributed by atoms with Gasteiger partial charge in [0.2, 0.25) is 0 Å². The van der Waals surface area contributed by atoms with Crippen LogP contribution in [0, 0.1) is 0 Å². The van der Waals surface area contributed by atoms with Crippen molar-refractivity contribution in [3.63, 3.8) is 0 Å². The molecular formula is C14H29NO4. The Labute approximate surface area is 116 Å². The third-order valence-corrected chi connectivity index (χ3v) is 3.54. The van der Waals surface area contributed by atoms with Crippen LogP contribution in [0.2, 0.25) is 0 Å². The van der Waals surface area contributed by atoms with Gasteiger partial charge in [-0.05, 0) is 39.3 Å². The van der Waals surface area contributed by atoms with E-state index in [0.29, 0.717) is 39.6 Å². The minimum atomic E-state index is 0.126. The van der Waals surface area contributed by atoms with Gasteiger partial charge in [-0.2, -0.15) is 0 Å². The highest BCUT2D eigenvalue weighted by Gasteiger charge is 2.37. The molecule has 1 saturated carbocycles. The second-order valence-electron chi connectivity index (χ2n) is 4.96. The Morgan fingerprint density at radius 3 is 2.11 bits per heavy atom. The van der Waals surface area contributed by atoms with Crippen LogP contribution in [0.1, 0.15) is 25.7 Å². The predicted octanol–water partition coefficient (Wildman–Crippen LogP) is 1.21. The Hall–Kier alpha value is -0.200. The van der Waals surface area contributed by atoms with E-state index in [1.54, 1.807) is 7.11 Å². The van der Waals surface area contributed by atoms with Gasteiger partial charge in [-0.15, -0.1) is 0 Å². The second-order valence-corrected chi connectivity index (χ2v) is 4.96. The molecule has 0 aromatic rings. The first-order chi connectivity index (χ1) is 9.33. The number of rotatable bonds is 13. The fourth-order valence-corrected chi connectivity index (χ4v) is 2.17. The summed E-state index contributed by atoms with van der Waals surface area (Å²) in [6, 6.07) is 0. The molecule has 0 atom stereocenters. The van der Waals surface area contributed by atoms with Gasteiger partial charge in [0.25, 0.3) is 0 Å². The van der Waals surface area contributed by atoms with Crippen molar-refractivity contribution in [3.05, 3.63) is 0 Å². The molecule has 0 heterocycles. The van der Waals surface area contributed by atoms with E-state index >= 15 is 0 Å². The summed E-state index contributed by atoms with van der Waals surface area (Å²) in [7, 11) is 3.65. The van der Waals surface area contributed by atoms with Crippen molar-refractivity contribution in [2.24, 2.45) is 0 Å². The average molecular weight is 275 g/mol. The minimum absolute atomic E-state index is 0.126. The monoisotopic (exact) mass is 275 g/mol. The molecule has 0 saturated heterocycles. The normalized spacial score (nSPS) is 17.4. The second kappa shape index (κ2) is 10.6. The summed E-state index contributed by atoms with van der Waals surface area (Å²) in [5, 5.41) is 3.19. The van der Waals surface area contributed by atoms with Gasteiger partial charge in [0, 0.05) is 7.11 Å². The molecule has 0 aromatic heterocycles. The summed E-state index contributed by atoms with van der Waals surface area (Å²) < 4.78 is 21.7. The molecule has 19 heavy (non-hydrogen) atoms. The van der Waals surface area contributed by atoms with E-state index < -0.39 is 0 Å². The molecule has 1 fully saturated rings. The zero-order valence-corrected chi connectivity index (χ0v) is 12.4. The molecule has 0 spiro atoms. The van der Waals surface area contributed by atoms with Crippen LogP contribution in [-0.2, 0) is 18.9 Å². The maximum absolute atomic E-state index is 5.99. The minimum Gasteiger partial charge on any atom is -0.382 e. The highest BCUT2D eigenvalue weighted by Crippen LogP contribution is 2.38. The smallest absolute Gasteiger partial charge is 0.0708 e. The molecule has 0 aromatic carbocycles. The van der Waals surface area contributed by atoms with Crippen LogP contribution < -0.4 is 5.32 Å². The molecular weight excluding hydrogens is 246 g/mol. The zero-order valence-electron chi connectivity index (χ0n) is 12.4. The molecule has 1 aliphatic rings. The maximum atomic E-state index is 5.99. The number of methoxy groups -OCH3 is 1. The summed E-state index contributed by atoms with van der Waals surface area (Å²) in [5.41, 5.74) is 0.126. The molecule has 114 valence electrons. The highest BCUT2D eigenvalue weighted by molar-refractivity contribution is 4.90. The number of ether oxygens (including phenoxy) is 4. The van der Waals surface area contributed by atoms with Gasteiger partial charge in [-0.3, -0.25) is 0 Å². The molecule has 0 radical (unpaired) electrons. The summed E-state index contributed by atoms with van der Waals surface area (Å²) in [6.07, 6.45) is 4.77. The van der Waals surface area contributed by atoms with Crippen LogP contribution in [-0.4, -0.2) is 65.9 Å². The Kier molecular flexibility index (Phi) is 9.38. The quantitative estimate of drug-likeness (QED) is 0.512. The van der Waals surface area contributed by atoms with E-state index in [0.717, 1.165) is 13.0 Å². The third kappa shape index (κ3) is 7.22. The molecule has 1 N–H and O–H groups in total. The SMILES string of the molecule is CNCCC1(OCCOCCOCCOC)CCC1. The van der Waals surface area contributed by atoms with E-state index in [1.807, 2.05) is 7.05 Å². The van der Waals surface area contributed by atoms with Crippen LogP contribution in [0.5, 0.6) is 0 Å². The van der Waals surface area contributed by atoms with Gasteiger partial charge < -0.3 is 24.3 Å². The molecule has 5 nitrogen and oxygen atoms in total. The van der Waals surface area contributed by atoms with E-state index in [2.05, 4.69) is 5.32 Å². The third-order valence-electron chi connectivity index (χ3n) is 3.54. The Morgan fingerprint density at radius 1 is 0.947 bits per heavy atom. The van der Waals surface area contributed by atoms with Gasteiger partial charge >= 0.3 is 0 Å². The fourth-order valence-electron chi connectivity index (χ4n) is 2.17. The molecule has 0 bridgehead atoms. The van der Waals surface area contributed by atoms with Gasteiger partial charge in [-0.25, -0.2) is 0 Å². The largest absolute Gasteiger partial charge is 0.382 e. The lowest BCUT2D eigenvalue weighted by molar-refractivity contribution is -0.119. The van der Waals surface area contributed by atoms with Crippen molar-refractivity contribution in [3.8, 4) is 0 Å². The molecule has 5 heteroatoms. The lowest BCUT2D eigenvalue weighted by Crippen LogP contribution is -2.43. The zero-order chi connectivity index (χ0) is 13.8. The van der Waals surface area contributed by atoms with E-state index in [-0.39, 0.29) is 5.60 Å². The first-order valence-electron chi connectivity index (χ1n) is 7.26. The lowest BCUT2D eigenvalue weighted by atomic mass is 9.77. The van der Waals surface area contributed by atoms with E-state index in [4.69, 9.17) is 18.9 Å². The first kappa shape index (κ1) is 16.9. The van der Waals surface area contributed by atoms with E-state index in [9.17, 15) is 0 Å². The van der Waals surface area contributed by atoms with Crippen molar-refractivity contribution in [2.45, 2.75) is 31.3 Å². The Bertz CT molecular complexity index is 210. The molecule has 0 aliphatic heterocycles. The van der Waals surface area contributed by atoms with Crippen LogP contribution in [0.15, 0.2) is 0 Å². The molecule has 1 rings (SSSR count). The number of nitrogens with one attached hydrogen (secondary N) is 1. The van der Waals surface area contributed by atoms with Crippen molar-refractivity contribution >= 4 is 0 Å².